The lowest BCUT2D eigenvalue weighted by Crippen LogP contribution is -2.36. The first-order valence-electron chi connectivity index (χ1n) is 11.3. The number of aromatic nitrogens is 3. The number of nitrogens with zero attached hydrogens (tertiary/aromatic N) is 4. The maximum Gasteiger partial charge on any atom is 0.387 e. The van der Waals surface area contributed by atoms with Gasteiger partial charge >= 0.3 is 6.61 Å². The number of hydrogen-bond acceptors (Lipinski definition) is 5. The molecule has 1 aliphatic heterocycles. The summed E-state index contributed by atoms with van der Waals surface area (Å²) in [6.45, 7) is 5.27. The van der Waals surface area contributed by atoms with Gasteiger partial charge in [0.15, 0.2) is 5.82 Å². The second-order valence-corrected chi connectivity index (χ2v) is 9.22. The number of ether oxygens (including phenoxy) is 2. The minimum atomic E-state index is -2.85. The van der Waals surface area contributed by atoms with Crippen LogP contribution in [0.15, 0.2) is 24.3 Å². The van der Waals surface area contributed by atoms with Crippen molar-refractivity contribution in [3.05, 3.63) is 30.1 Å². The Labute approximate surface area is 181 Å². The molecule has 1 aromatic heterocycles. The fourth-order valence-electron chi connectivity index (χ4n) is 5.50. The normalized spacial score (nSPS) is 28.7. The van der Waals surface area contributed by atoms with Crippen molar-refractivity contribution in [2.24, 2.45) is 11.8 Å². The minimum absolute atomic E-state index is 0.127. The number of rotatable bonds is 6. The molecule has 2 unspecified atom stereocenters. The molecule has 0 N–H and O–H groups in total. The highest BCUT2D eigenvalue weighted by molar-refractivity contribution is 5.57. The van der Waals surface area contributed by atoms with Gasteiger partial charge in [0.05, 0.1) is 6.61 Å². The molecule has 5 rings (SSSR count). The quantitative estimate of drug-likeness (QED) is 0.680. The van der Waals surface area contributed by atoms with E-state index in [-0.39, 0.29) is 11.8 Å². The van der Waals surface area contributed by atoms with E-state index in [0.29, 0.717) is 35.2 Å². The van der Waals surface area contributed by atoms with Crippen LogP contribution in [0.1, 0.15) is 50.9 Å². The predicted molar refractivity (Wildman–Crippen MR) is 112 cm³/mol. The lowest BCUT2D eigenvalue weighted by molar-refractivity contribution is -0.0498. The molecule has 2 saturated carbocycles. The van der Waals surface area contributed by atoms with Crippen LogP contribution in [-0.4, -0.2) is 58.6 Å². The van der Waals surface area contributed by atoms with Crippen molar-refractivity contribution in [1.82, 2.24) is 19.7 Å². The molecule has 2 aromatic rings. The van der Waals surface area contributed by atoms with Crippen molar-refractivity contribution < 1.29 is 18.3 Å². The first-order valence-corrected chi connectivity index (χ1v) is 11.3. The van der Waals surface area contributed by atoms with Gasteiger partial charge in [-0.3, -0.25) is 4.90 Å². The molecule has 2 aliphatic carbocycles. The summed E-state index contributed by atoms with van der Waals surface area (Å²) in [5.74, 6) is 3.52. The van der Waals surface area contributed by atoms with E-state index in [2.05, 4.69) is 23.5 Å². The highest BCUT2D eigenvalue weighted by atomic mass is 19.3. The Morgan fingerprint density at radius 2 is 1.94 bits per heavy atom. The molecule has 3 fully saturated rings. The van der Waals surface area contributed by atoms with Crippen LogP contribution in [0.4, 0.5) is 8.78 Å². The van der Waals surface area contributed by atoms with Gasteiger partial charge in [0.1, 0.15) is 11.6 Å². The van der Waals surface area contributed by atoms with Crippen LogP contribution in [0, 0.1) is 11.8 Å². The van der Waals surface area contributed by atoms with E-state index >= 15 is 0 Å². The van der Waals surface area contributed by atoms with E-state index in [9.17, 15) is 8.78 Å². The summed E-state index contributed by atoms with van der Waals surface area (Å²) in [4.78, 5) is 7.51. The summed E-state index contributed by atoms with van der Waals surface area (Å²) >= 11 is 0. The third-order valence-electron chi connectivity index (χ3n) is 6.96. The minimum Gasteiger partial charge on any atom is -0.435 e. The largest absolute Gasteiger partial charge is 0.435 e. The molecule has 1 aromatic carbocycles. The lowest BCUT2D eigenvalue weighted by atomic mass is 10.0. The standard InChI is InChI=1S/C23H30F2N4O2/c1-14(2)29-22(26-21(27-29)15-5-3-6-17(11-15)31-23(24)25)20-18-12-16(13-19(18)20)28-7-4-9-30-10-8-28/h3,5-6,11,14,16,18-20,23H,4,7-10,12-13H2,1-2H3. The van der Waals surface area contributed by atoms with Gasteiger partial charge in [-0.15, -0.1) is 0 Å². The van der Waals surface area contributed by atoms with Crippen LogP contribution < -0.4 is 4.74 Å². The topological polar surface area (TPSA) is 52.4 Å². The van der Waals surface area contributed by atoms with Crippen molar-refractivity contribution in [2.75, 3.05) is 26.3 Å². The zero-order valence-electron chi connectivity index (χ0n) is 18.1. The van der Waals surface area contributed by atoms with Crippen LogP contribution in [0.3, 0.4) is 0 Å². The van der Waals surface area contributed by atoms with Gasteiger partial charge in [0.2, 0.25) is 0 Å². The molecule has 0 radical (unpaired) electrons. The molecule has 1 saturated heterocycles. The van der Waals surface area contributed by atoms with Crippen LogP contribution in [-0.2, 0) is 4.74 Å². The van der Waals surface area contributed by atoms with E-state index in [0.717, 1.165) is 38.5 Å². The molecule has 2 heterocycles. The van der Waals surface area contributed by atoms with Crippen LogP contribution >= 0.6 is 0 Å². The number of alkyl halides is 2. The van der Waals surface area contributed by atoms with E-state index in [1.54, 1.807) is 12.1 Å². The first kappa shape index (κ1) is 20.8. The zero-order chi connectivity index (χ0) is 21.5. The molecule has 0 bridgehead atoms. The van der Waals surface area contributed by atoms with E-state index in [4.69, 9.17) is 14.8 Å². The second kappa shape index (κ2) is 8.47. The number of fused-ring (bicyclic) bond motifs is 1. The van der Waals surface area contributed by atoms with Crippen molar-refractivity contribution >= 4 is 0 Å². The molecule has 168 valence electrons. The Morgan fingerprint density at radius 1 is 1.13 bits per heavy atom. The summed E-state index contributed by atoms with van der Waals surface area (Å²) in [5, 5.41) is 4.75. The average molecular weight is 433 g/mol. The molecule has 0 amide bonds. The lowest BCUT2D eigenvalue weighted by Gasteiger charge is -2.28. The summed E-state index contributed by atoms with van der Waals surface area (Å²) in [6, 6.07) is 7.50. The highest BCUT2D eigenvalue weighted by Gasteiger charge is 2.59. The van der Waals surface area contributed by atoms with Crippen molar-refractivity contribution in [3.63, 3.8) is 0 Å². The molecule has 3 aliphatic rings. The smallest absolute Gasteiger partial charge is 0.387 e. The molecule has 8 heteroatoms. The van der Waals surface area contributed by atoms with Crippen LogP contribution in [0.25, 0.3) is 11.4 Å². The number of halogens is 2. The Bertz CT molecular complexity index is 899. The molecule has 2 atom stereocenters. The SMILES string of the molecule is CC(C)n1nc(-c2cccc(OC(F)F)c2)nc1C1C2CC(N3CCCOCC3)CC21. The van der Waals surface area contributed by atoms with Crippen LogP contribution in [0.2, 0.25) is 0 Å². The van der Waals surface area contributed by atoms with Gasteiger partial charge in [-0.2, -0.15) is 13.9 Å². The van der Waals surface area contributed by atoms with Crippen molar-refractivity contribution in [1.29, 1.82) is 0 Å². The summed E-state index contributed by atoms with van der Waals surface area (Å²) in [5.41, 5.74) is 0.701. The van der Waals surface area contributed by atoms with Crippen molar-refractivity contribution in [3.8, 4) is 17.1 Å². The maximum absolute atomic E-state index is 12.6. The van der Waals surface area contributed by atoms with Gasteiger partial charge in [0, 0.05) is 43.3 Å². The second-order valence-electron chi connectivity index (χ2n) is 9.22. The number of benzene rings is 1. The summed E-state index contributed by atoms with van der Waals surface area (Å²) in [6.07, 6.45) is 3.55. The maximum atomic E-state index is 12.6. The molecular formula is C23H30F2N4O2. The predicted octanol–water partition coefficient (Wildman–Crippen LogP) is 4.34. The Balaban J connectivity index is 1.33. The van der Waals surface area contributed by atoms with Gasteiger partial charge in [-0.05, 0) is 57.1 Å². The van der Waals surface area contributed by atoms with E-state index < -0.39 is 6.61 Å². The van der Waals surface area contributed by atoms with Crippen molar-refractivity contribution in [2.45, 2.75) is 57.7 Å². The molecule has 31 heavy (non-hydrogen) atoms. The molecule has 6 nitrogen and oxygen atoms in total. The average Bonchev–Trinajstić information content (AvgIpc) is 3.07. The third-order valence-corrected chi connectivity index (χ3v) is 6.96. The van der Waals surface area contributed by atoms with Gasteiger partial charge in [-0.25, -0.2) is 9.67 Å². The zero-order valence-corrected chi connectivity index (χ0v) is 18.1. The Hall–Kier alpha value is -2.06. The Morgan fingerprint density at radius 3 is 2.68 bits per heavy atom. The summed E-state index contributed by atoms with van der Waals surface area (Å²) < 4.78 is 37.4. The van der Waals surface area contributed by atoms with E-state index in [1.165, 1.54) is 18.9 Å². The Kier molecular flexibility index (Phi) is 5.69. The van der Waals surface area contributed by atoms with Crippen LogP contribution in [0.5, 0.6) is 5.75 Å². The first-order chi connectivity index (χ1) is 15.0. The van der Waals surface area contributed by atoms with E-state index in [1.807, 2.05) is 10.7 Å². The molecule has 0 spiro atoms. The van der Waals surface area contributed by atoms with Gasteiger partial charge in [0.25, 0.3) is 0 Å². The third kappa shape index (κ3) is 4.20. The monoisotopic (exact) mass is 432 g/mol. The fourth-order valence-corrected chi connectivity index (χ4v) is 5.50. The molecular weight excluding hydrogens is 402 g/mol. The fraction of sp³-hybridized carbons (Fsp3) is 0.652. The highest BCUT2D eigenvalue weighted by Crippen LogP contribution is 2.63. The summed E-state index contributed by atoms with van der Waals surface area (Å²) in [7, 11) is 0. The van der Waals surface area contributed by atoms with Gasteiger partial charge in [-0.1, -0.05) is 12.1 Å². The van der Waals surface area contributed by atoms with Gasteiger partial charge < -0.3 is 9.47 Å². The number of hydrogen-bond donors (Lipinski definition) is 0.